The maximum atomic E-state index is 11.2. The van der Waals surface area contributed by atoms with Crippen LogP contribution >= 0.6 is 0 Å². The number of benzene rings is 1. The summed E-state index contributed by atoms with van der Waals surface area (Å²) < 4.78 is 0. The number of carboxylic acids is 1. The Morgan fingerprint density at radius 1 is 1.40 bits per heavy atom. The van der Waals surface area contributed by atoms with Gasteiger partial charge >= 0.3 is 5.97 Å². The zero-order chi connectivity index (χ0) is 14.1. The van der Waals surface area contributed by atoms with Crippen molar-refractivity contribution in [3.05, 3.63) is 42.1 Å². The highest BCUT2D eigenvalue weighted by Gasteiger charge is 2.35. The molecule has 0 aliphatic carbocycles. The van der Waals surface area contributed by atoms with Gasteiger partial charge in [0, 0.05) is 24.2 Å². The number of nitrogens with zero attached hydrogens (tertiary/aromatic N) is 2. The van der Waals surface area contributed by atoms with Crippen LogP contribution in [0.3, 0.4) is 0 Å². The maximum Gasteiger partial charge on any atom is 0.308 e. The average Bonchev–Trinajstić information content (AvgIpc) is 2.81. The Balaban J connectivity index is 1.86. The minimum atomic E-state index is -0.681. The fraction of sp³-hybridized carbons (Fsp3) is 0.375. The van der Waals surface area contributed by atoms with Crippen LogP contribution in [0, 0.1) is 5.92 Å². The Bertz CT molecular complexity index is 636. The summed E-state index contributed by atoms with van der Waals surface area (Å²) in [5.41, 5.74) is 2.21. The Labute approximate surface area is 118 Å². The molecule has 20 heavy (non-hydrogen) atoms. The van der Waals surface area contributed by atoms with Gasteiger partial charge in [0.2, 0.25) is 0 Å². The highest BCUT2D eigenvalue weighted by molar-refractivity contribution is 5.81. The predicted octanol–water partition coefficient (Wildman–Crippen LogP) is 2.53. The monoisotopic (exact) mass is 270 g/mol. The molecule has 3 rings (SSSR count). The number of hydrogen-bond acceptors (Lipinski definition) is 3. The Hall–Kier alpha value is -1.94. The van der Waals surface area contributed by atoms with Crippen LogP contribution in [0.4, 0.5) is 0 Å². The number of carbonyl (C=O) groups is 1. The molecule has 1 aromatic heterocycles. The number of pyridine rings is 1. The van der Waals surface area contributed by atoms with E-state index in [2.05, 4.69) is 16.0 Å². The molecule has 1 aliphatic heterocycles. The van der Waals surface area contributed by atoms with Crippen LogP contribution in [0.2, 0.25) is 0 Å². The van der Waals surface area contributed by atoms with Crippen molar-refractivity contribution < 1.29 is 9.90 Å². The van der Waals surface area contributed by atoms with E-state index in [1.165, 1.54) is 5.56 Å². The highest BCUT2D eigenvalue weighted by atomic mass is 16.4. The third-order valence-electron chi connectivity index (χ3n) is 4.32. The lowest BCUT2D eigenvalue weighted by molar-refractivity contribution is -0.142. The van der Waals surface area contributed by atoms with Crippen molar-refractivity contribution in [3.8, 4) is 0 Å². The minimum absolute atomic E-state index is 0.0828. The van der Waals surface area contributed by atoms with Crippen molar-refractivity contribution in [1.29, 1.82) is 0 Å². The smallest absolute Gasteiger partial charge is 0.308 e. The summed E-state index contributed by atoms with van der Waals surface area (Å²) >= 11 is 0. The number of aromatic nitrogens is 1. The molecule has 1 fully saturated rings. The average molecular weight is 270 g/mol. The quantitative estimate of drug-likeness (QED) is 0.931. The number of fused-ring (bicyclic) bond motifs is 1. The lowest BCUT2D eigenvalue weighted by Crippen LogP contribution is -2.32. The summed E-state index contributed by atoms with van der Waals surface area (Å²) in [6, 6.07) is 10.2. The largest absolute Gasteiger partial charge is 0.481 e. The standard InChI is InChI=1S/C16H18N2O2/c1-11-13(16(19)20)7-9-18(11)10-12-6-8-17-15-5-3-2-4-14(12)15/h2-6,8,11,13H,7,9-10H2,1H3,(H,19,20). The van der Waals surface area contributed by atoms with Gasteiger partial charge in [-0.15, -0.1) is 0 Å². The van der Waals surface area contributed by atoms with Gasteiger partial charge in [0.15, 0.2) is 0 Å². The third kappa shape index (κ3) is 2.27. The first-order valence-electron chi connectivity index (χ1n) is 6.96. The predicted molar refractivity (Wildman–Crippen MR) is 77.4 cm³/mol. The molecule has 2 heterocycles. The molecular weight excluding hydrogens is 252 g/mol. The summed E-state index contributed by atoms with van der Waals surface area (Å²) in [6.07, 6.45) is 2.56. The topological polar surface area (TPSA) is 53.4 Å². The molecule has 1 aromatic carbocycles. The maximum absolute atomic E-state index is 11.2. The second-order valence-corrected chi connectivity index (χ2v) is 5.43. The molecule has 1 aliphatic rings. The van der Waals surface area contributed by atoms with Crippen LogP contribution in [0.25, 0.3) is 10.9 Å². The van der Waals surface area contributed by atoms with Crippen LogP contribution in [0.1, 0.15) is 18.9 Å². The van der Waals surface area contributed by atoms with E-state index < -0.39 is 5.97 Å². The zero-order valence-corrected chi connectivity index (χ0v) is 11.5. The lowest BCUT2D eigenvalue weighted by Gasteiger charge is -2.23. The van der Waals surface area contributed by atoms with Gasteiger partial charge in [0.1, 0.15) is 0 Å². The normalized spacial score (nSPS) is 23.2. The first-order valence-corrected chi connectivity index (χ1v) is 6.96. The first-order chi connectivity index (χ1) is 9.66. The SMILES string of the molecule is CC1C(C(=O)O)CCN1Cc1ccnc2ccccc12. The molecule has 2 unspecified atom stereocenters. The van der Waals surface area contributed by atoms with E-state index >= 15 is 0 Å². The van der Waals surface area contributed by atoms with Gasteiger partial charge in [-0.25, -0.2) is 0 Å². The van der Waals surface area contributed by atoms with E-state index in [-0.39, 0.29) is 12.0 Å². The number of rotatable bonds is 3. The number of aliphatic carboxylic acids is 1. The molecular formula is C16H18N2O2. The summed E-state index contributed by atoms with van der Waals surface area (Å²) in [6.45, 7) is 3.64. The van der Waals surface area contributed by atoms with E-state index in [1.807, 2.05) is 37.4 Å². The van der Waals surface area contributed by atoms with Crippen LogP contribution < -0.4 is 0 Å². The molecule has 2 atom stereocenters. The van der Waals surface area contributed by atoms with E-state index in [0.717, 1.165) is 30.4 Å². The summed E-state index contributed by atoms with van der Waals surface area (Å²) in [5.74, 6) is -0.928. The molecule has 0 saturated carbocycles. The Morgan fingerprint density at radius 2 is 2.20 bits per heavy atom. The van der Waals surface area contributed by atoms with Gasteiger partial charge < -0.3 is 5.11 Å². The zero-order valence-electron chi connectivity index (χ0n) is 11.5. The molecule has 0 radical (unpaired) electrons. The van der Waals surface area contributed by atoms with Gasteiger partial charge in [-0.05, 0) is 37.6 Å². The number of carboxylic acid groups (broad SMARTS) is 1. The molecule has 2 aromatic rings. The van der Waals surface area contributed by atoms with Gasteiger partial charge in [-0.3, -0.25) is 14.7 Å². The van der Waals surface area contributed by atoms with E-state index in [9.17, 15) is 9.90 Å². The van der Waals surface area contributed by atoms with Crippen molar-refractivity contribution >= 4 is 16.9 Å². The Kier molecular flexibility index (Phi) is 3.40. The molecule has 0 bridgehead atoms. The molecule has 4 nitrogen and oxygen atoms in total. The first kappa shape index (κ1) is 13.1. The van der Waals surface area contributed by atoms with E-state index in [0.29, 0.717) is 0 Å². The van der Waals surface area contributed by atoms with E-state index in [1.54, 1.807) is 0 Å². The molecule has 0 amide bonds. The minimum Gasteiger partial charge on any atom is -0.481 e. The summed E-state index contributed by atoms with van der Waals surface area (Å²) in [5, 5.41) is 10.4. The Morgan fingerprint density at radius 3 is 2.95 bits per heavy atom. The number of likely N-dealkylation sites (tertiary alicyclic amines) is 1. The van der Waals surface area contributed by atoms with Gasteiger partial charge in [0.25, 0.3) is 0 Å². The van der Waals surface area contributed by atoms with Crippen LogP contribution in [0.15, 0.2) is 36.5 Å². The van der Waals surface area contributed by atoms with Crippen LogP contribution in [-0.4, -0.2) is 33.5 Å². The van der Waals surface area contributed by atoms with Gasteiger partial charge in [-0.1, -0.05) is 18.2 Å². The molecule has 4 heteroatoms. The van der Waals surface area contributed by atoms with Crippen LogP contribution in [-0.2, 0) is 11.3 Å². The van der Waals surface area contributed by atoms with Crippen molar-refractivity contribution in [3.63, 3.8) is 0 Å². The second kappa shape index (κ2) is 5.21. The third-order valence-corrected chi connectivity index (χ3v) is 4.32. The molecule has 1 N–H and O–H groups in total. The van der Waals surface area contributed by atoms with Crippen molar-refractivity contribution in [2.75, 3.05) is 6.54 Å². The van der Waals surface area contributed by atoms with Gasteiger partial charge in [0.05, 0.1) is 11.4 Å². The molecule has 104 valence electrons. The number of hydrogen-bond donors (Lipinski definition) is 1. The number of para-hydroxylation sites is 1. The van der Waals surface area contributed by atoms with E-state index in [4.69, 9.17) is 0 Å². The van der Waals surface area contributed by atoms with Crippen molar-refractivity contribution in [1.82, 2.24) is 9.88 Å². The van der Waals surface area contributed by atoms with Crippen LogP contribution in [0.5, 0.6) is 0 Å². The molecule has 0 spiro atoms. The lowest BCUT2D eigenvalue weighted by atomic mass is 10.0. The van der Waals surface area contributed by atoms with Crippen molar-refractivity contribution in [2.45, 2.75) is 25.9 Å². The second-order valence-electron chi connectivity index (χ2n) is 5.43. The highest BCUT2D eigenvalue weighted by Crippen LogP contribution is 2.27. The summed E-state index contributed by atoms with van der Waals surface area (Å²) in [7, 11) is 0. The fourth-order valence-electron chi connectivity index (χ4n) is 3.07. The fourth-order valence-corrected chi connectivity index (χ4v) is 3.07. The molecule has 1 saturated heterocycles. The van der Waals surface area contributed by atoms with Crippen molar-refractivity contribution in [2.24, 2.45) is 5.92 Å². The summed E-state index contributed by atoms with van der Waals surface area (Å²) in [4.78, 5) is 17.8. The van der Waals surface area contributed by atoms with Gasteiger partial charge in [-0.2, -0.15) is 0 Å².